The van der Waals surface area contributed by atoms with E-state index >= 15 is 0 Å². The number of halogens is 1. The number of aromatic hydroxyl groups is 1. The molecule has 2 rings (SSSR count). The van der Waals surface area contributed by atoms with Crippen LogP contribution in [-0.2, 0) is 0 Å². The van der Waals surface area contributed by atoms with Gasteiger partial charge in [0.15, 0.2) is 0 Å². The molecule has 1 aromatic rings. The van der Waals surface area contributed by atoms with Crippen molar-refractivity contribution < 1.29 is 14.3 Å². The summed E-state index contributed by atoms with van der Waals surface area (Å²) in [6, 6.07) is 3.65. The Balaban J connectivity index is 2.12. The SMILES string of the molecule is CC1(C)CC(NC(=O)c2ccc(O)cc2F)CC(C)(C)C1. The van der Waals surface area contributed by atoms with E-state index in [2.05, 4.69) is 33.0 Å². The highest BCUT2D eigenvalue weighted by Crippen LogP contribution is 2.45. The minimum Gasteiger partial charge on any atom is -0.508 e. The van der Waals surface area contributed by atoms with Crippen LogP contribution in [0.15, 0.2) is 18.2 Å². The number of phenolic OH excluding ortho intramolecular Hbond substituents is 1. The fourth-order valence-corrected chi connectivity index (χ4v) is 3.90. The number of benzene rings is 1. The summed E-state index contributed by atoms with van der Waals surface area (Å²) in [5.41, 5.74) is 0.300. The minimum atomic E-state index is -0.693. The molecule has 1 aromatic carbocycles. The van der Waals surface area contributed by atoms with Crippen molar-refractivity contribution in [2.45, 2.75) is 53.0 Å². The van der Waals surface area contributed by atoms with Gasteiger partial charge in [0.1, 0.15) is 11.6 Å². The first-order valence-corrected chi connectivity index (χ1v) is 7.37. The fourth-order valence-electron chi connectivity index (χ4n) is 3.90. The van der Waals surface area contributed by atoms with Crippen LogP contribution < -0.4 is 5.32 Å². The Kier molecular flexibility index (Phi) is 4.00. The Hall–Kier alpha value is -1.58. The van der Waals surface area contributed by atoms with Crippen LogP contribution in [0.4, 0.5) is 4.39 Å². The highest BCUT2D eigenvalue weighted by molar-refractivity contribution is 5.94. The van der Waals surface area contributed by atoms with Gasteiger partial charge >= 0.3 is 0 Å². The van der Waals surface area contributed by atoms with Crippen molar-refractivity contribution in [1.82, 2.24) is 5.32 Å². The van der Waals surface area contributed by atoms with E-state index in [0.29, 0.717) is 0 Å². The zero-order valence-corrected chi connectivity index (χ0v) is 13.2. The number of rotatable bonds is 2. The summed E-state index contributed by atoms with van der Waals surface area (Å²) in [7, 11) is 0. The molecule has 4 heteroatoms. The molecular formula is C17H24FNO2. The maximum absolute atomic E-state index is 13.7. The van der Waals surface area contributed by atoms with Gasteiger partial charge < -0.3 is 10.4 Å². The second kappa shape index (κ2) is 5.32. The summed E-state index contributed by atoms with van der Waals surface area (Å²) in [4.78, 5) is 12.2. The Bertz CT molecular complexity index is 536. The van der Waals surface area contributed by atoms with E-state index < -0.39 is 11.7 Å². The molecule has 1 amide bonds. The van der Waals surface area contributed by atoms with Crippen molar-refractivity contribution in [3.63, 3.8) is 0 Å². The summed E-state index contributed by atoms with van der Waals surface area (Å²) in [6.07, 6.45) is 2.89. The van der Waals surface area contributed by atoms with E-state index in [1.807, 2.05) is 0 Å². The third-order valence-corrected chi connectivity index (χ3v) is 4.09. The average Bonchev–Trinajstić information content (AvgIpc) is 2.23. The van der Waals surface area contributed by atoms with Crippen molar-refractivity contribution in [3.8, 4) is 5.75 Å². The molecule has 1 saturated carbocycles. The molecule has 0 saturated heterocycles. The van der Waals surface area contributed by atoms with Crippen LogP contribution in [0.1, 0.15) is 57.3 Å². The van der Waals surface area contributed by atoms with Crippen molar-refractivity contribution in [1.29, 1.82) is 0 Å². The monoisotopic (exact) mass is 293 g/mol. The molecule has 0 bridgehead atoms. The topological polar surface area (TPSA) is 49.3 Å². The van der Waals surface area contributed by atoms with Crippen LogP contribution in [0.5, 0.6) is 5.75 Å². The smallest absolute Gasteiger partial charge is 0.254 e. The minimum absolute atomic E-state index is 0.0195. The number of phenols is 1. The average molecular weight is 293 g/mol. The van der Waals surface area contributed by atoms with Crippen LogP contribution in [0, 0.1) is 16.6 Å². The van der Waals surface area contributed by atoms with E-state index in [-0.39, 0.29) is 28.2 Å². The molecule has 0 atom stereocenters. The predicted octanol–water partition coefficient (Wildman–Crippen LogP) is 3.87. The van der Waals surface area contributed by atoms with Gasteiger partial charge in [-0.25, -0.2) is 4.39 Å². The molecular weight excluding hydrogens is 269 g/mol. The lowest BCUT2D eigenvalue weighted by Crippen LogP contribution is -2.46. The van der Waals surface area contributed by atoms with Crippen LogP contribution in [0.3, 0.4) is 0 Å². The van der Waals surface area contributed by atoms with E-state index in [1.54, 1.807) is 0 Å². The number of carbonyl (C=O) groups excluding carboxylic acids is 1. The first kappa shape index (κ1) is 15.8. The van der Waals surface area contributed by atoms with Gasteiger partial charge in [-0.05, 0) is 42.2 Å². The van der Waals surface area contributed by atoms with Crippen LogP contribution in [-0.4, -0.2) is 17.1 Å². The number of carbonyl (C=O) groups is 1. The first-order chi connectivity index (χ1) is 9.58. The van der Waals surface area contributed by atoms with Crippen LogP contribution >= 0.6 is 0 Å². The molecule has 2 N–H and O–H groups in total. The quantitative estimate of drug-likeness (QED) is 0.869. The highest BCUT2D eigenvalue weighted by Gasteiger charge is 2.39. The van der Waals surface area contributed by atoms with E-state index in [4.69, 9.17) is 0 Å². The second-order valence-corrected chi connectivity index (χ2v) is 7.75. The van der Waals surface area contributed by atoms with Crippen molar-refractivity contribution >= 4 is 5.91 Å². The molecule has 21 heavy (non-hydrogen) atoms. The Labute approximate surface area is 125 Å². The molecule has 1 fully saturated rings. The largest absolute Gasteiger partial charge is 0.508 e. The van der Waals surface area contributed by atoms with E-state index in [1.165, 1.54) is 12.1 Å². The highest BCUT2D eigenvalue weighted by atomic mass is 19.1. The molecule has 0 radical (unpaired) electrons. The Morgan fingerprint density at radius 1 is 1.24 bits per heavy atom. The van der Waals surface area contributed by atoms with Gasteiger partial charge in [0, 0.05) is 12.1 Å². The summed E-state index contributed by atoms with van der Waals surface area (Å²) in [6.45, 7) is 8.81. The Morgan fingerprint density at radius 3 is 2.33 bits per heavy atom. The molecule has 1 aliphatic carbocycles. The third-order valence-electron chi connectivity index (χ3n) is 4.09. The second-order valence-electron chi connectivity index (χ2n) is 7.75. The lowest BCUT2D eigenvalue weighted by molar-refractivity contribution is 0.0711. The van der Waals surface area contributed by atoms with Crippen molar-refractivity contribution in [2.75, 3.05) is 0 Å². The van der Waals surface area contributed by atoms with Gasteiger partial charge in [-0.1, -0.05) is 27.7 Å². The number of hydrogen-bond acceptors (Lipinski definition) is 2. The van der Waals surface area contributed by atoms with Crippen LogP contribution in [0.25, 0.3) is 0 Å². The number of hydrogen-bond donors (Lipinski definition) is 2. The van der Waals surface area contributed by atoms with E-state index in [9.17, 15) is 14.3 Å². The van der Waals surface area contributed by atoms with Gasteiger partial charge in [0.05, 0.1) is 5.56 Å². The van der Waals surface area contributed by atoms with Crippen molar-refractivity contribution in [3.05, 3.63) is 29.6 Å². The predicted molar refractivity (Wildman–Crippen MR) is 80.7 cm³/mol. The molecule has 0 aromatic heterocycles. The Morgan fingerprint density at radius 2 is 1.81 bits per heavy atom. The fraction of sp³-hybridized carbons (Fsp3) is 0.588. The van der Waals surface area contributed by atoms with Gasteiger partial charge in [-0.15, -0.1) is 0 Å². The maximum atomic E-state index is 13.7. The zero-order valence-electron chi connectivity index (χ0n) is 13.2. The molecule has 0 heterocycles. The molecule has 0 unspecified atom stereocenters. The number of amides is 1. The summed E-state index contributed by atoms with van der Waals surface area (Å²) in [5.74, 6) is -1.28. The van der Waals surface area contributed by atoms with E-state index in [0.717, 1.165) is 25.3 Å². The lowest BCUT2D eigenvalue weighted by atomic mass is 9.63. The zero-order chi connectivity index (χ0) is 15.8. The summed E-state index contributed by atoms with van der Waals surface area (Å²) >= 11 is 0. The van der Waals surface area contributed by atoms with Gasteiger partial charge in [-0.3, -0.25) is 4.79 Å². The summed E-state index contributed by atoms with van der Waals surface area (Å²) < 4.78 is 13.7. The standard InChI is InChI=1S/C17H24FNO2/c1-16(2)8-11(9-17(3,4)10-16)19-15(21)13-6-5-12(20)7-14(13)18/h5-7,11,20H,8-10H2,1-4H3,(H,19,21). The maximum Gasteiger partial charge on any atom is 0.254 e. The lowest BCUT2D eigenvalue weighted by Gasteiger charge is -2.45. The molecule has 3 nitrogen and oxygen atoms in total. The normalized spacial score (nSPS) is 21.0. The molecule has 0 spiro atoms. The summed E-state index contributed by atoms with van der Waals surface area (Å²) in [5, 5.41) is 12.2. The van der Waals surface area contributed by atoms with Gasteiger partial charge in [0.25, 0.3) is 5.91 Å². The van der Waals surface area contributed by atoms with Crippen molar-refractivity contribution in [2.24, 2.45) is 10.8 Å². The third kappa shape index (κ3) is 3.96. The molecule has 1 aliphatic rings. The molecule has 116 valence electrons. The number of nitrogens with one attached hydrogen (secondary N) is 1. The first-order valence-electron chi connectivity index (χ1n) is 7.37. The van der Waals surface area contributed by atoms with Crippen LogP contribution in [0.2, 0.25) is 0 Å². The van der Waals surface area contributed by atoms with Gasteiger partial charge in [0.2, 0.25) is 0 Å². The van der Waals surface area contributed by atoms with Gasteiger partial charge in [-0.2, -0.15) is 0 Å². The molecule has 0 aliphatic heterocycles.